The van der Waals surface area contributed by atoms with Crippen LogP contribution in [0.25, 0.3) is 22.1 Å². The van der Waals surface area contributed by atoms with Crippen LogP contribution in [0, 0.1) is 6.92 Å². The molecule has 8 heteroatoms. The highest BCUT2D eigenvalue weighted by Gasteiger charge is 2.15. The first kappa shape index (κ1) is 19.4. The van der Waals surface area contributed by atoms with E-state index >= 15 is 0 Å². The number of hydrogen-bond donors (Lipinski definition) is 1. The Balaban J connectivity index is 1.53. The van der Waals surface area contributed by atoms with Gasteiger partial charge in [0.1, 0.15) is 22.7 Å². The van der Waals surface area contributed by atoms with Crippen LogP contribution in [0.5, 0.6) is 0 Å². The zero-order chi connectivity index (χ0) is 21.2. The summed E-state index contributed by atoms with van der Waals surface area (Å²) in [5.74, 6) is 1.24. The van der Waals surface area contributed by atoms with E-state index in [0.29, 0.717) is 23.3 Å². The minimum absolute atomic E-state index is 0.00371. The maximum Gasteiger partial charge on any atom is 0.261 e. The normalized spacial score (nSPS) is 11.4. The van der Waals surface area contributed by atoms with Gasteiger partial charge in [0, 0.05) is 6.54 Å². The summed E-state index contributed by atoms with van der Waals surface area (Å²) in [7, 11) is 0. The zero-order valence-corrected chi connectivity index (χ0v) is 17.8. The van der Waals surface area contributed by atoms with Crippen molar-refractivity contribution in [2.24, 2.45) is 0 Å². The van der Waals surface area contributed by atoms with Crippen LogP contribution < -0.4 is 5.56 Å². The fourth-order valence-corrected chi connectivity index (χ4v) is 4.59. The number of nitrogens with one attached hydrogen (secondary N) is 1. The van der Waals surface area contributed by atoms with Crippen molar-refractivity contribution in [2.75, 3.05) is 0 Å². The Kier molecular flexibility index (Phi) is 5.21. The van der Waals surface area contributed by atoms with E-state index in [2.05, 4.69) is 32.1 Å². The van der Waals surface area contributed by atoms with E-state index in [4.69, 9.17) is 4.98 Å². The lowest BCUT2D eigenvalue weighted by molar-refractivity contribution is 0.635. The summed E-state index contributed by atoms with van der Waals surface area (Å²) in [6.45, 7) is 2.52. The highest BCUT2D eigenvalue weighted by Crippen LogP contribution is 2.25. The smallest absolute Gasteiger partial charge is 0.261 e. The van der Waals surface area contributed by atoms with Gasteiger partial charge in [-0.1, -0.05) is 54.2 Å². The van der Waals surface area contributed by atoms with Gasteiger partial charge in [-0.3, -0.25) is 9.36 Å². The number of rotatable bonds is 6. The molecule has 3 aromatic heterocycles. The molecule has 2 aromatic carbocycles. The van der Waals surface area contributed by atoms with Crippen molar-refractivity contribution in [3.8, 4) is 0 Å². The average Bonchev–Trinajstić information content (AvgIpc) is 3.27. The average molecular weight is 429 g/mol. The van der Waals surface area contributed by atoms with Crippen LogP contribution in [0.3, 0.4) is 0 Å². The molecule has 5 rings (SSSR count). The number of imidazole rings is 1. The van der Waals surface area contributed by atoms with Crippen molar-refractivity contribution >= 4 is 33.8 Å². The highest BCUT2D eigenvalue weighted by atomic mass is 32.2. The fourth-order valence-electron chi connectivity index (χ4n) is 3.69. The summed E-state index contributed by atoms with van der Waals surface area (Å²) in [6, 6.07) is 16.0. The molecule has 0 atom stereocenters. The number of aromatic amines is 1. The van der Waals surface area contributed by atoms with E-state index in [1.807, 2.05) is 43.3 Å². The lowest BCUT2D eigenvalue weighted by atomic mass is 10.1. The molecule has 1 N–H and O–H groups in total. The highest BCUT2D eigenvalue weighted by molar-refractivity contribution is 7.98. The van der Waals surface area contributed by atoms with E-state index in [1.165, 1.54) is 23.7 Å². The minimum atomic E-state index is 0.00371. The largest absolute Gasteiger partial charge is 0.341 e. The van der Waals surface area contributed by atoms with E-state index in [9.17, 15) is 4.79 Å². The predicted octanol–water partition coefficient (Wildman–Crippen LogP) is 3.91. The predicted molar refractivity (Wildman–Crippen MR) is 122 cm³/mol. The molecule has 0 saturated carbocycles. The first-order chi connectivity index (χ1) is 15.2. The monoisotopic (exact) mass is 428 g/mol. The van der Waals surface area contributed by atoms with Crippen LogP contribution in [0.4, 0.5) is 0 Å². The fraction of sp³-hybridized carbons (Fsp3) is 0.174. The van der Waals surface area contributed by atoms with Gasteiger partial charge in [-0.05, 0) is 30.5 Å². The molecule has 0 aliphatic heterocycles. The third-order valence-electron chi connectivity index (χ3n) is 5.26. The number of fused-ring (bicyclic) bond motifs is 2. The van der Waals surface area contributed by atoms with Gasteiger partial charge in [-0.2, -0.15) is 0 Å². The standard InChI is InChI=1S/C23H20N6OS/c1-15-6-5-9-17-19(15)23(30)29(11-10-16-7-3-2-4-8-16)18(28-17)12-31-22-20-21(25-13-24-20)26-14-27-22/h2-9,13-14H,10-12H2,1H3,(H,24,25,26,27). The maximum atomic E-state index is 13.4. The minimum Gasteiger partial charge on any atom is -0.341 e. The Bertz CT molecular complexity index is 1430. The van der Waals surface area contributed by atoms with Gasteiger partial charge in [0.25, 0.3) is 5.56 Å². The van der Waals surface area contributed by atoms with Gasteiger partial charge in [0.15, 0.2) is 5.65 Å². The summed E-state index contributed by atoms with van der Waals surface area (Å²) in [4.78, 5) is 34.1. The summed E-state index contributed by atoms with van der Waals surface area (Å²) in [5, 5.41) is 1.47. The third-order valence-corrected chi connectivity index (χ3v) is 6.25. The number of aryl methyl sites for hydroxylation is 2. The number of H-pyrrole nitrogens is 1. The second-order valence-electron chi connectivity index (χ2n) is 7.26. The molecular weight excluding hydrogens is 408 g/mol. The van der Waals surface area contributed by atoms with Crippen LogP contribution in [-0.4, -0.2) is 29.5 Å². The van der Waals surface area contributed by atoms with Crippen molar-refractivity contribution in [3.05, 3.63) is 88.5 Å². The molecular formula is C23H20N6OS. The molecule has 0 amide bonds. The van der Waals surface area contributed by atoms with Crippen molar-refractivity contribution in [1.82, 2.24) is 29.5 Å². The maximum absolute atomic E-state index is 13.4. The van der Waals surface area contributed by atoms with Crippen LogP contribution in [0.1, 0.15) is 17.0 Å². The number of benzene rings is 2. The summed E-state index contributed by atoms with van der Waals surface area (Å²) < 4.78 is 1.81. The number of aromatic nitrogens is 6. The SMILES string of the molecule is Cc1cccc2nc(CSc3ncnc4nc[nH]c34)n(CCc3ccccc3)c(=O)c12. The summed E-state index contributed by atoms with van der Waals surface area (Å²) in [6.07, 6.45) is 3.87. The van der Waals surface area contributed by atoms with Crippen LogP contribution in [0.2, 0.25) is 0 Å². The Hall–Kier alpha value is -3.52. The lowest BCUT2D eigenvalue weighted by Gasteiger charge is -2.14. The molecule has 0 aliphatic carbocycles. The Morgan fingerprint density at radius 2 is 1.90 bits per heavy atom. The molecule has 7 nitrogen and oxygen atoms in total. The Morgan fingerprint density at radius 1 is 1.03 bits per heavy atom. The van der Waals surface area contributed by atoms with Gasteiger partial charge >= 0.3 is 0 Å². The number of hydrogen-bond acceptors (Lipinski definition) is 6. The number of thioether (sulfide) groups is 1. The van der Waals surface area contributed by atoms with Crippen LogP contribution in [0.15, 0.2) is 71.0 Å². The second-order valence-corrected chi connectivity index (χ2v) is 8.22. The molecule has 0 bridgehead atoms. The van der Waals surface area contributed by atoms with Gasteiger partial charge in [0.2, 0.25) is 0 Å². The van der Waals surface area contributed by atoms with Crippen molar-refractivity contribution in [2.45, 2.75) is 30.7 Å². The van der Waals surface area contributed by atoms with Crippen LogP contribution >= 0.6 is 11.8 Å². The van der Waals surface area contributed by atoms with Crippen molar-refractivity contribution in [1.29, 1.82) is 0 Å². The Labute approximate surface area is 182 Å². The third kappa shape index (κ3) is 3.82. The Morgan fingerprint density at radius 3 is 2.77 bits per heavy atom. The van der Waals surface area contributed by atoms with E-state index in [-0.39, 0.29) is 5.56 Å². The zero-order valence-electron chi connectivity index (χ0n) is 16.9. The lowest BCUT2D eigenvalue weighted by Crippen LogP contribution is -2.26. The molecule has 0 saturated heterocycles. The molecule has 154 valence electrons. The van der Waals surface area contributed by atoms with Crippen LogP contribution in [-0.2, 0) is 18.7 Å². The molecule has 3 heterocycles. The first-order valence-corrected chi connectivity index (χ1v) is 11.0. The molecule has 31 heavy (non-hydrogen) atoms. The van der Waals surface area contributed by atoms with Gasteiger partial charge < -0.3 is 4.98 Å². The summed E-state index contributed by atoms with van der Waals surface area (Å²) in [5.41, 5.74) is 4.28. The second kappa shape index (κ2) is 8.31. The topological polar surface area (TPSA) is 89.3 Å². The molecule has 0 radical (unpaired) electrons. The van der Waals surface area contributed by atoms with Crippen molar-refractivity contribution in [3.63, 3.8) is 0 Å². The van der Waals surface area contributed by atoms with E-state index < -0.39 is 0 Å². The summed E-state index contributed by atoms with van der Waals surface area (Å²) >= 11 is 1.52. The molecule has 0 unspecified atom stereocenters. The van der Waals surface area contributed by atoms with E-state index in [1.54, 1.807) is 10.9 Å². The van der Waals surface area contributed by atoms with Crippen molar-refractivity contribution < 1.29 is 0 Å². The number of nitrogens with zero attached hydrogens (tertiary/aromatic N) is 5. The van der Waals surface area contributed by atoms with Gasteiger partial charge in [-0.15, -0.1) is 0 Å². The molecule has 0 fully saturated rings. The molecule has 0 spiro atoms. The first-order valence-electron chi connectivity index (χ1n) is 10.0. The van der Waals surface area contributed by atoms with E-state index in [0.717, 1.165) is 33.9 Å². The quantitative estimate of drug-likeness (QED) is 0.326. The van der Waals surface area contributed by atoms with Gasteiger partial charge in [-0.25, -0.2) is 19.9 Å². The molecule has 5 aromatic rings. The molecule has 0 aliphatic rings. The van der Waals surface area contributed by atoms with Gasteiger partial charge in [0.05, 0.1) is 23.0 Å².